The molecule has 1 aliphatic rings. The molecule has 0 spiro atoms. The molecule has 10 heteroatoms. The molecule has 156 valence electrons. The van der Waals surface area contributed by atoms with Crippen LogP contribution in [0.25, 0.3) is 10.6 Å². The average molecular weight is 427 g/mol. The van der Waals surface area contributed by atoms with E-state index in [-0.39, 0.29) is 18.4 Å². The van der Waals surface area contributed by atoms with Crippen molar-refractivity contribution in [2.45, 2.75) is 13.1 Å². The molecule has 1 fully saturated rings. The van der Waals surface area contributed by atoms with E-state index in [1.807, 2.05) is 0 Å². The van der Waals surface area contributed by atoms with Crippen LogP contribution in [0.2, 0.25) is 0 Å². The van der Waals surface area contributed by atoms with Crippen LogP contribution < -0.4 is 0 Å². The lowest BCUT2D eigenvalue weighted by molar-refractivity contribution is -0.137. The van der Waals surface area contributed by atoms with E-state index < -0.39 is 11.7 Å². The Hall–Kier alpha value is -2.46. The topological polar surface area (TPSA) is 62.7 Å². The number of alkyl halides is 3. The molecule has 0 bridgehead atoms. The van der Waals surface area contributed by atoms with Crippen LogP contribution in [0.1, 0.15) is 20.9 Å². The molecule has 29 heavy (non-hydrogen) atoms. The highest BCUT2D eigenvalue weighted by molar-refractivity contribution is 7.17. The number of ether oxygens (including phenoxy) is 1. The zero-order chi connectivity index (χ0) is 21.2. The fourth-order valence-electron chi connectivity index (χ4n) is 2.88. The lowest BCUT2D eigenvalue weighted by Gasteiger charge is -2.28. The van der Waals surface area contributed by atoms with Gasteiger partial charge in [-0.1, -0.05) is 12.1 Å². The summed E-state index contributed by atoms with van der Waals surface area (Å²) in [6, 6.07) is 4.64. The highest BCUT2D eigenvalue weighted by atomic mass is 32.1. The smallest absolute Gasteiger partial charge is 0.378 e. The molecule has 6 nitrogen and oxygen atoms in total. The number of amides is 2. The van der Waals surface area contributed by atoms with E-state index >= 15 is 0 Å². The molecule has 0 unspecified atom stereocenters. The van der Waals surface area contributed by atoms with Gasteiger partial charge in [0.15, 0.2) is 0 Å². The fourth-order valence-corrected chi connectivity index (χ4v) is 3.95. The number of carbonyl (C=O) groups is 2. The van der Waals surface area contributed by atoms with E-state index in [0.29, 0.717) is 47.4 Å². The lowest BCUT2D eigenvalue weighted by Crippen LogP contribution is -2.46. The number of benzene rings is 1. The van der Waals surface area contributed by atoms with Crippen molar-refractivity contribution in [1.82, 2.24) is 14.8 Å². The molecule has 2 amide bonds. The molecule has 2 aromatic rings. The van der Waals surface area contributed by atoms with Crippen LogP contribution in [-0.4, -0.2) is 66.5 Å². The Morgan fingerprint density at radius 2 is 1.83 bits per heavy atom. The van der Waals surface area contributed by atoms with Gasteiger partial charge in [-0.2, -0.15) is 13.2 Å². The first-order chi connectivity index (χ1) is 13.7. The standard InChI is InChI=1S/C19H20F3N3O3S/c1-12-16(18(27)24(2)11-15(26)25-7-9-28-10-8-25)29-17(23-12)13-3-5-14(6-4-13)19(20,21)22/h3-6H,7-11H2,1-2H3. The van der Waals surface area contributed by atoms with Crippen molar-refractivity contribution in [2.24, 2.45) is 0 Å². The minimum Gasteiger partial charge on any atom is -0.378 e. The molecule has 0 atom stereocenters. The van der Waals surface area contributed by atoms with Gasteiger partial charge in [0, 0.05) is 25.7 Å². The number of carbonyl (C=O) groups excluding carboxylic acids is 2. The van der Waals surface area contributed by atoms with Crippen LogP contribution in [0.3, 0.4) is 0 Å². The molecule has 0 N–H and O–H groups in total. The molecular formula is C19H20F3N3O3S. The number of thiazole rings is 1. The Bertz CT molecular complexity index is 890. The predicted octanol–water partition coefficient (Wildman–Crippen LogP) is 3.07. The van der Waals surface area contributed by atoms with Crippen LogP contribution in [0.4, 0.5) is 13.2 Å². The fraction of sp³-hybridized carbons (Fsp3) is 0.421. The molecule has 1 aromatic carbocycles. The summed E-state index contributed by atoms with van der Waals surface area (Å²) in [7, 11) is 1.54. The second kappa shape index (κ2) is 8.50. The Kier molecular flexibility index (Phi) is 6.23. The first-order valence-corrected chi connectivity index (χ1v) is 9.74. The summed E-state index contributed by atoms with van der Waals surface area (Å²) in [4.78, 5) is 32.8. The number of hydrogen-bond acceptors (Lipinski definition) is 5. The van der Waals surface area contributed by atoms with Gasteiger partial charge in [-0.25, -0.2) is 4.98 Å². The third-order valence-corrected chi connectivity index (χ3v) is 5.73. The van der Waals surface area contributed by atoms with Gasteiger partial charge in [0.25, 0.3) is 5.91 Å². The van der Waals surface area contributed by atoms with E-state index in [0.717, 1.165) is 23.5 Å². The summed E-state index contributed by atoms with van der Waals surface area (Å²) in [5.41, 5.74) is 0.227. The van der Waals surface area contributed by atoms with Crippen LogP contribution in [0.15, 0.2) is 24.3 Å². The summed E-state index contributed by atoms with van der Waals surface area (Å²) < 4.78 is 43.4. The molecule has 3 rings (SSSR count). The minimum absolute atomic E-state index is 0.0637. The summed E-state index contributed by atoms with van der Waals surface area (Å²) in [6.45, 7) is 3.56. The molecule has 1 saturated heterocycles. The van der Waals surface area contributed by atoms with E-state index in [1.54, 1.807) is 11.8 Å². The van der Waals surface area contributed by atoms with Crippen molar-refractivity contribution < 1.29 is 27.5 Å². The number of morpholine rings is 1. The average Bonchev–Trinajstić information content (AvgIpc) is 3.09. The number of aryl methyl sites for hydroxylation is 1. The van der Waals surface area contributed by atoms with Gasteiger partial charge < -0.3 is 14.5 Å². The summed E-state index contributed by atoms with van der Waals surface area (Å²) >= 11 is 1.10. The third-order valence-electron chi connectivity index (χ3n) is 4.53. The van der Waals surface area contributed by atoms with Crippen molar-refractivity contribution in [3.8, 4) is 10.6 Å². The molecule has 1 aromatic heterocycles. The highest BCUT2D eigenvalue weighted by Crippen LogP contribution is 2.33. The molecule has 2 heterocycles. The van der Waals surface area contributed by atoms with Crippen molar-refractivity contribution >= 4 is 23.2 Å². The minimum atomic E-state index is -4.41. The van der Waals surface area contributed by atoms with Gasteiger partial charge in [0.05, 0.1) is 31.0 Å². The number of rotatable bonds is 4. The van der Waals surface area contributed by atoms with Crippen LogP contribution >= 0.6 is 11.3 Å². The summed E-state index contributed by atoms with van der Waals surface area (Å²) in [5, 5.41) is 0.451. The van der Waals surface area contributed by atoms with Crippen LogP contribution in [0, 0.1) is 6.92 Å². The lowest BCUT2D eigenvalue weighted by atomic mass is 10.1. The molecule has 0 radical (unpaired) electrons. The van der Waals surface area contributed by atoms with E-state index in [1.165, 1.54) is 24.1 Å². The Balaban J connectivity index is 1.71. The number of hydrogen-bond donors (Lipinski definition) is 0. The van der Waals surface area contributed by atoms with Crippen molar-refractivity contribution in [1.29, 1.82) is 0 Å². The SMILES string of the molecule is Cc1nc(-c2ccc(C(F)(F)F)cc2)sc1C(=O)N(C)CC(=O)N1CCOCC1. The normalized spacial score (nSPS) is 14.7. The number of likely N-dealkylation sites (N-methyl/N-ethyl adjacent to an activating group) is 1. The van der Waals surface area contributed by atoms with Gasteiger partial charge in [-0.3, -0.25) is 9.59 Å². The van der Waals surface area contributed by atoms with E-state index in [9.17, 15) is 22.8 Å². The van der Waals surface area contributed by atoms with Crippen LogP contribution in [0.5, 0.6) is 0 Å². The first-order valence-electron chi connectivity index (χ1n) is 8.93. The monoisotopic (exact) mass is 427 g/mol. The largest absolute Gasteiger partial charge is 0.416 e. The van der Waals surface area contributed by atoms with Gasteiger partial charge in [0.2, 0.25) is 5.91 Å². The zero-order valence-electron chi connectivity index (χ0n) is 16.0. The quantitative estimate of drug-likeness (QED) is 0.753. The van der Waals surface area contributed by atoms with Gasteiger partial charge >= 0.3 is 6.18 Å². The van der Waals surface area contributed by atoms with Crippen molar-refractivity contribution in [3.05, 3.63) is 40.4 Å². The van der Waals surface area contributed by atoms with Gasteiger partial charge in [0.1, 0.15) is 9.88 Å². The van der Waals surface area contributed by atoms with Gasteiger partial charge in [-0.15, -0.1) is 11.3 Å². The second-order valence-corrected chi connectivity index (χ2v) is 7.66. The third kappa shape index (κ3) is 4.94. The Morgan fingerprint density at radius 3 is 2.41 bits per heavy atom. The van der Waals surface area contributed by atoms with Crippen molar-refractivity contribution in [2.75, 3.05) is 39.9 Å². The molecule has 0 saturated carbocycles. The van der Waals surface area contributed by atoms with E-state index in [2.05, 4.69) is 4.98 Å². The Labute approximate surface area is 169 Å². The van der Waals surface area contributed by atoms with E-state index in [4.69, 9.17) is 4.74 Å². The molecule has 0 aliphatic carbocycles. The Morgan fingerprint density at radius 1 is 1.21 bits per heavy atom. The highest BCUT2D eigenvalue weighted by Gasteiger charge is 2.30. The maximum absolute atomic E-state index is 12.8. The zero-order valence-corrected chi connectivity index (χ0v) is 16.8. The molecule has 1 aliphatic heterocycles. The maximum Gasteiger partial charge on any atom is 0.416 e. The first kappa shape index (κ1) is 21.3. The van der Waals surface area contributed by atoms with Gasteiger partial charge in [-0.05, 0) is 19.1 Å². The summed E-state index contributed by atoms with van der Waals surface area (Å²) in [5.74, 6) is -0.506. The van der Waals surface area contributed by atoms with Crippen LogP contribution in [-0.2, 0) is 15.7 Å². The second-order valence-electron chi connectivity index (χ2n) is 6.66. The number of nitrogens with zero attached hydrogens (tertiary/aromatic N) is 3. The number of halogens is 3. The predicted molar refractivity (Wildman–Crippen MR) is 102 cm³/mol. The molecular weight excluding hydrogens is 407 g/mol. The number of aromatic nitrogens is 1. The van der Waals surface area contributed by atoms with Crippen molar-refractivity contribution in [3.63, 3.8) is 0 Å². The maximum atomic E-state index is 12.8. The summed E-state index contributed by atoms with van der Waals surface area (Å²) in [6.07, 6.45) is -4.41.